The van der Waals surface area contributed by atoms with Crippen molar-refractivity contribution >= 4 is 32.3 Å². The molecule has 0 aliphatic carbocycles. The number of H-pyrrole nitrogens is 1. The van der Waals surface area contributed by atoms with E-state index in [1.54, 1.807) is 0 Å². The van der Waals surface area contributed by atoms with Crippen molar-refractivity contribution in [3.8, 4) is 0 Å². The third kappa shape index (κ3) is 4.24. The van der Waals surface area contributed by atoms with Crippen molar-refractivity contribution in [2.24, 2.45) is 0 Å². The van der Waals surface area contributed by atoms with Gasteiger partial charge in [-0.05, 0) is 12.2 Å². The number of nitrogens with one attached hydrogen (secondary N) is 1. The van der Waals surface area contributed by atoms with E-state index in [0.717, 1.165) is 6.20 Å². The second-order valence-corrected chi connectivity index (χ2v) is 6.40. The maximum Gasteiger partial charge on any atom is 0.469 e. The monoisotopic (exact) mass is 358 g/mol. The lowest BCUT2D eigenvalue weighted by molar-refractivity contribution is -0.0447. The fraction of sp³-hybridized carbons (Fsp3) is 0.556. The summed E-state index contributed by atoms with van der Waals surface area (Å²) in [4.78, 5) is 19.7. The van der Waals surface area contributed by atoms with Gasteiger partial charge in [0.2, 0.25) is 0 Å². The van der Waals surface area contributed by atoms with Crippen molar-refractivity contribution in [2.45, 2.75) is 24.9 Å². The molecule has 4 N–H and O–H groups in total. The van der Waals surface area contributed by atoms with Crippen LogP contribution in [0.4, 0.5) is 4.39 Å². The van der Waals surface area contributed by atoms with Crippen molar-refractivity contribution in [2.75, 3.05) is 6.61 Å². The highest BCUT2D eigenvalue weighted by Gasteiger charge is 2.36. The zero-order valence-corrected chi connectivity index (χ0v) is 12.9. The summed E-state index contributed by atoms with van der Waals surface area (Å²) in [5.41, 5.74) is 0. The summed E-state index contributed by atoms with van der Waals surface area (Å²) in [5, 5.41) is 9.80. The van der Waals surface area contributed by atoms with Crippen LogP contribution in [0.5, 0.6) is 0 Å². The van der Waals surface area contributed by atoms with Gasteiger partial charge in [0, 0.05) is 12.6 Å². The van der Waals surface area contributed by atoms with Gasteiger partial charge >= 0.3 is 7.82 Å². The molecule has 0 bridgehead atoms. The summed E-state index contributed by atoms with van der Waals surface area (Å²) in [6.45, 7) is -0.499. The minimum atomic E-state index is -4.66. The van der Waals surface area contributed by atoms with Gasteiger partial charge in [-0.1, -0.05) is 12.2 Å². The molecule has 1 saturated heterocycles. The molecule has 2 rings (SSSR count). The molecule has 0 saturated carbocycles. The molecular formula is C9H12FN2O6PS2. The Bertz CT molecular complexity index is 688. The first-order valence-electron chi connectivity index (χ1n) is 5.72. The number of aliphatic hydroxyl groups is 1. The van der Waals surface area contributed by atoms with Gasteiger partial charge in [0.1, 0.15) is 17.0 Å². The van der Waals surface area contributed by atoms with Crippen LogP contribution < -0.4 is 0 Å². The highest BCUT2D eigenvalue weighted by Crippen LogP contribution is 2.38. The second kappa shape index (κ2) is 6.31. The Morgan fingerprint density at radius 1 is 1.57 bits per heavy atom. The summed E-state index contributed by atoms with van der Waals surface area (Å²) >= 11 is 9.69. The fourth-order valence-electron chi connectivity index (χ4n) is 1.88. The van der Waals surface area contributed by atoms with Crippen molar-refractivity contribution in [1.29, 1.82) is 0 Å². The number of hydrogen-bond donors (Lipinski definition) is 4. The lowest BCUT2D eigenvalue weighted by atomic mass is 10.2. The van der Waals surface area contributed by atoms with Crippen molar-refractivity contribution in [3.05, 3.63) is 21.4 Å². The van der Waals surface area contributed by atoms with Crippen molar-refractivity contribution in [3.63, 3.8) is 0 Å². The number of phosphoric acid groups is 1. The van der Waals surface area contributed by atoms with E-state index in [1.807, 2.05) is 0 Å². The van der Waals surface area contributed by atoms with E-state index < -0.39 is 38.7 Å². The van der Waals surface area contributed by atoms with Crippen LogP contribution in [-0.4, -0.2) is 43.3 Å². The molecule has 1 aromatic rings. The molecule has 1 aromatic heterocycles. The SMILES string of the molecule is O=P(O)(O)OC[C@H]1O[C@@H](n2cc(F)c(=S)[nH]c2=S)C[C@@H]1O. The number of aromatic nitrogens is 2. The molecule has 21 heavy (non-hydrogen) atoms. The molecule has 1 aliphatic rings. The lowest BCUT2D eigenvalue weighted by Crippen LogP contribution is -2.26. The Morgan fingerprint density at radius 3 is 2.86 bits per heavy atom. The number of ether oxygens (including phenoxy) is 1. The van der Waals surface area contributed by atoms with Crippen LogP contribution in [0.15, 0.2) is 6.20 Å². The van der Waals surface area contributed by atoms with Crippen LogP contribution in [0.25, 0.3) is 0 Å². The van der Waals surface area contributed by atoms with Crippen LogP contribution >= 0.6 is 32.3 Å². The van der Waals surface area contributed by atoms with E-state index in [9.17, 15) is 14.1 Å². The highest BCUT2D eigenvalue weighted by atomic mass is 32.1. The van der Waals surface area contributed by atoms with E-state index in [0.29, 0.717) is 0 Å². The number of aliphatic hydroxyl groups excluding tert-OH is 1. The van der Waals surface area contributed by atoms with Crippen LogP contribution in [-0.2, 0) is 13.8 Å². The third-order valence-corrected chi connectivity index (χ3v) is 3.94. The highest BCUT2D eigenvalue weighted by molar-refractivity contribution is 7.72. The molecule has 1 fully saturated rings. The molecule has 2 heterocycles. The molecule has 1 aliphatic heterocycles. The molecule has 0 spiro atoms. The van der Waals surface area contributed by atoms with Gasteiger partial charge in [0.05, 0.1) is 12.7 Å². The van der Waals surface area contributed by atoms with E-state index in [1.165, 1.54) is 4.57 Å². The van der Waals surface area contributed by atoms with Gasteiger partial charge in [0.15, 0.2) is 10.6 Å². The van der Waals surface area contributed by atoms with Crippen LogP contribution in [0.3, 0.4) is 0 Å². The van der Waals surface area contributed by atoms with Crippen molar-refractivity contribution < 1.29 is 33.1 Å². The zero-order chi connectivity index (χ0) is 15.8. The Labute approximate surface area is 128 Å². The number of halogens is 1. The Balaban J connectivity index is 2.14. The van der Waals surface area contributed by atoms with E-state index >= 15 is 0 Å². The van der Waals surface area contributed by atoms with Gasteiger partial charge in [-0.3, -0.25) is 9.09 Å². The maximum absolute atomic E-state index is 13.5. The normalized spacial score (nSPS) is 26.2. The Morgan fingerprint density at radius 2 is 2.24 bits per heavy atom. The minimum absolute atomic E-state index is 0.0630. The first-order chi connectivity index (χ1) is 9.67. The predicted octanol–water partition coefficient (Wildman–Crippen LogP) is 1.17. The summed E-state index contributed by atoms with van der Waals surface area (Å²) in [5.74, 6) is -0.702. The first-order valence-corrected chi connectivity index (χ1v) is 8.06. The number of aromatic amines is 1. The molecule has 118 valence electrons. The third-order valence-electron chi connectivity index (χ3n) is 2.85. The van der Waals surface area contributed by atoms with Gasteiger partial charge in [-0.2, -0.15) is 0 Å². The molecule has 0 unspecified atom stereocenters. The Hall–Kier alpha value is -0.520. The smallest absolute Gasteiger partial charge is 0.390 e. The lowest BCUT2D eigenvalue weighted by Gasteiger charge is -2.17. The molecule has 0 aromatic carbocycles. The molecule has 3 atom stereocenters. The summed E-state index contributed by atoms with van der Waals surface area (Å²) in [7, 11) is -4.66. The zero-order valence-electron chi connectivity index (χ0n) is 10.4. The van der Waals surface area contributed by atoms with E-state index in [-0.39, 0.29) is 15.8 Å². The molecule has 0 radical (unpaired) electrons. The van der Waals surface area contributed by atoms with E-state index in [4.69, 9.17) is 39.0 Å². The number of phosphoric ester groups is 1. The summed E-state index contributed by atoms with van der Waals surface area (Å²) in [6.07, 6.45) is -1.68. The van der Waals surface area contributed by atoms with E-state index in [2.05, 4.69) is 9.51 Å². The minimum Gasteiger partial charge on any atom is -0.390 e. The molecular weight excluding hydrogens is 346 g/mol. The van der Waals surface area contributed by atoms with Gasteiger partial charge in [-0.15, -0.1) is 0 Å². The number of rotatable bonds is 4. The first kappa shape index (κ1) is 16.8. The molecule has 0 amide bonds. The number of nitrogens with zero attached hydrogens (tertiary/aromatic N) is 1. The average Bonchev–Trinajstić information content (AvgIpc) is 2.72. The van der Waals surface area contributed by atoms with Crippen LogP contribution in [0.2, 0.25) is 0 Å². The standard InChI is InChI=1S/C9H12FN2O6PS2/c10-4-2-12(9(21)11-8(4)20)7-1-5(13)6(18-7)3-17-19(14,15)16/h2,5-7,13H,1,3H2,(H,11,20,21)(H2,14,15,16)/t5-,6+,7+/m0/s1. The largest absolute Gasteiger partial charge is 0.469 e. The maximum atomic E-state index is 13.5. The van der Waals surface area contributed by atoms with Crippen LogP contribution in [0, 0.1) is 15.2 Å². The van der Waals surface area contributed by atoms with Crippen molar-refractivity contribution in [1.82, 2.24) is 9.55 Å². The summed E-state index contributed by atoms with van der Waals surface area (Å²) in [6, 6.07) is 0. The second-order valence-electron chi connectivity index (χ2n) is 4.36. The number of hydrogen-bond acceptors (Lipinski definition) is 6. The molecule has 12 heteroatoms. The van der Waals surface area contributed by atoms with Crippen LogP contribution in [0.1, 0.15) is 12.6 Å². The predicted molar refractivity (Wildman–Crippen MR) is 72.9 cm³/mol. The average molecular weight is 358 g/mol. The fourth-order valence-corrected chi connectivity index (χ4v) is 2.71. The summed E-state index contributed by atoms with van der Waals surface area (Å²) < 4.78 is 35.0. The quantitative estimate of drug-likeness (QED) is 0.468. The van der Waals surface area contributed by atoms with Gasteiger partial charge in [0.25, 0.3) is 0 Å². The Kier molecular flexibility index (Phi) is 5.06. The van der Waals surface area contributed by atoms with Gasteiger partial charge < -0.3 is 24.6 Å². The van der Waals surface area contributed by atoms with Gasteiger partial charge in [-0.25, -0.2) is 8.96 Å². The topological polar surface area (TPSA) is 117 Å². The molecule has 8 nitrogen and oxygen atoms in total.